The molecule has 0 aliphatic carbocycles. The number of hydrogen-bond acceptors (Lipinski definition) is 3. The van der Waals surface area contributed by atoms with Crippen molar-refractivity contribution in [2.75, 3.05) is 19.0 Å². The molecule has 0 aromatic rings. The van der Waals surface area contributed by atoms with E-state index in [0.29, 0.717) is 25.9 Å². The van der Waals surface area contributed by atoms with Crippen LogP contribution in [0.25, 0.3) is 0 Å². The number of nitrogens with one attached hydrogen (secondary N) is 1. The zero-order valence-corrected chi connectivity index (χ0v) is 12.8. The van der Waals surface area contributed by atoms with Crippen LogP contribution in [0.2, 0.25) is 0 Å². The molecule has 1 aliphatic heterocycles. The minimum atomic E-state index is -0.504. The number of amides is 2. The summed E-state index contributed by atoms with van der Waals surface area (Å²) < 4.78 is 5.25. The van der Waals surface area contributed by atoms with Crippen LogP contribution in [0.15, 0.2) is 0 Å². The van der Waals surface area contributed by atoms with Gasteiger partial charge in [0.15, 0.2) is 0 Å². The van der Waals surface area contributed by atoms with Crippen molar-refractivity contribution in [3.05, 3.63) is 0 Å². The van der Waals surface area contributed by atoms with E-state index >= 15 is 0 Å². The maximum Gasteiger partial charge on any atom is 0.408 e. The van der Waals surface area contributed by atoms with Crippen LogP contribution < -0.4 is 5.32 Å². The number of halogens is 1. The molecule has 1 heterocycles. The SMILES string of the molecule is CC1(NC(=O)OC(C)(C)C)CCN(C(=O)CCl)CC1. The summed E-state index contributed by atoms with van der Waals surface area (Å²) in [6.07, 6.45) is 0.996. The van der Waals surface area contributed by atoms with E-state index < -0.39 is 11.7 Å². The van der Waals surface area contributed by atoms with E-state index in [4.69, 9.17) is 16.3 Å². The molecule has 1 aliphatic rings. The Morgan fingerprint density at radius 1 is 1.32 bits per heavy atom. The van der Waals surface area contributed by atoms with Crippen LogP contribution in [0.3, 0.4) is 0 Å². The summed E-state index contributed by atoms with van der Waals surface area (Å²) in [6.45, 7) is 8.68. The van der Waals surface area contributed by atoms with Gasteiger partial charge < -0.3 is 15.0 Å². The first-order chi connectivity index (χ1) is 8.65. The number of hydrogen-bond donors (Lipinski definition) is 1. The van der Waals surface area contributed by atoms with Gasteiger partial charge in [0.05, 0.1) is 0 Å². The van der Waals surface area contributed by atoms with Crippen molar-refractivity contribution < 1.29 is 14.3 Å². The Bertz CT molecular complexity index is 344. The molecule has 5 nitrogen and oxygen atoms in total. The van der Waals surface area contributed by atoms with E-state index in [1.54, 1.807) is 4.90 Å². The van der Waals surface area contributed by atoms with Crippen LogP contribution in [0.1, 0.15) is 40.5 Å². The van der Waals surface area contributed by atoms with Crippen LogP contribution in [-0.4, -0.2) is 47.0 Å². The second kappa shape index (κ2) is 5.99. The lowest BCUT2D eigenvalue weighted by atomic mass is 9.90. The molecule has 0 saturated carbocycles. The van der Waals surface area contributed by atoms with Crippen LogP contribution in [0.5, 0.6) is 0 Å². The molecule has 0 unspecified atom stereocenters. The summed E-state index contributed by atoms with van der Waals surface area (Å²) in [5, 5.41) is 2.90. The molecule has 1 rings (SSSR count). The van der Waals surface area contributed by atoms with Crippen molar-refractivity contribution in [1.82, 2.24) is 10.2 Å². The van der Waals surface area contributed by atoms with Crippen molar-refractivity contribution in [3.63, 3.8) is 0 Å². The van der Waals surface area contributed by atoms with Gasteiger partial charge in [-0.1, -0.05) is 0 Å². The highest BCUT2D eigenvalue weighted by Gasteiger charge is 2.34. The fourth-order valence-electron chi connectivity index (χ4n) is 2.01. The Labute approximate surface area is 119 Å². The predicted octanol–water partition coefficient (Wildman–Crippen LogP) is 2.13. The molecule has 19 heavy (non-hydrogen) atoms. The van der Waals surface area contributed by atoms with Gasteiger partial charge in [0.25, 0.3) is 0 Å². The maximum atomic E-state index is 11.8. The molecule has 0 atom stereocenters. The molecular weight excluding hydrogens is 268 g/mol. The highest BCUT2D eigenvalue weighted by molar-refractivity contribution is 6.27. The molecule has 0 spiro atoms. The first kappa shape index (κ1) is 16.1. The van der Waals surface area contributed by atoms with Gasteiger partial charge in [-0.25, -0.2) is 4.79 Å². The molecule has 0 radical (unpaired) electrons. The zero-order chi connectivity index (χ0) is 14.7. The Balaban J connectivity index is 2.48. The molecule has 0 aromatic heterocycles. The van der Waals surface area contributed by atoms with E-state index in [1.807, 2.05) is 27.7 Å². The van der Waals surface area contributed by atoms with Gasteiger partial charge >= 0.3 is 6.09 Å². The first-order valence-electron chi connectivity index (χ1n) is 6.50. The number of alkyl carbamates (subject to hydrolysis) is 1. The average Bonchev–Trinajstić information content (AvgIpc) is 2.25. The van der Waals surface area contributed by atoms with Crippen LogP contribution in [-0.2, 0) is 9.53 Å². The summed E-state index contributed by atoms with van der Waals surface area (Å²) in [5.74, 6) is -0.0445. The fraction of sp³-hybridized carbons (Fsp3) is 0.846. The summed E-state index contributed by atoms with van der Waals surface area (Å²) in [4.78, 5) is 25.0. The molecule has 110 valence electrons. The lowest BCUT2D eigenvalue weighted by Crippen LogP contribution is -2.55. The quantitative estimate of drug-likeness (QED) is 0.793. The third-order valence-electron chi connectivity index (χ3n) is 3.14. The molecule has 6 heteroatoms. The monoisotopic (exact) mass is 290 g/mol. The Kier molecular flexibility index (Phi) is 5.07. The molecule has 0 bridgehead atoms. The number of likely N-dealkylation sites (tertiary alicyclic amines) is 1. The van der Waals surface area contributed by atoms with Crippen molar-refractivity contribution in [3.8, 4) is 0 Å². The van der Waals surface area contributed by atoms with E-state index in [-0.39, 0.29) is 17.3 Å². The number of nitrogens with zero attached hydrogens (tertiary/aromatic N) is 1. The molecule has 1 fully saturated rings. The van der Waals surface area contributed by atoms with Gasteiger partial charge in [0.1, 0.15) is 11.5 Å². The lowest BCUT2D eigenvalue weighted by Gasteiger charge is -2.39. The van der Waals surface area contributed by atoms with Crippen molar-refractivity contribution >= 4 is 23.6 Å². The van der Waals surface area contributed by atoms with Crippen LogP contribution in [0, 0.1) is 0 Å². The highest BCUT2D eigenvalue weighted by Crippen LogP contribution is 2.22. The topological polar surface area (TPSA) is 58.6 Å². The number of ether oxygens (including phenoxy) is 1. The maximum absolute atomic E-state index is 11.8. The molecule has 1 N–H and O–H groups in total. The van der Waals surface area contributed by atoms with Gasteiger partial charge in [-0.3, -0.25) is 4.79 Å². The van der Waals surface area contributed by atoms with Crippen molar-refractivity contribution in [2.24, 2.45) is 0 Å². The van der Waals surface area contributed by atoms with Gasteiger partial charge in [-0.2, -0.15) is 0 Å². The van der Waals surface area contributed by atoms with Crippen molar-refractivity contribution in [2.45, 2.75) is 51.7 Å². The van der Waals surface area contributed by atoms with Crippen LogP contribution in [0.4, 0.5) is 4.79 Å². The number of carbonyl (C=O) groups excluding carboxylic acids is 2. The number of piperidine rings is 1. The third-order valence-corrected chi connectivity index (χ3v) is 3.37. The number of alkyl halides is 1. The first-order valence-corrected chi connectivity index (χ1v) is 7.04. The standard InChI is InChI=1S/C13H23ClN2O3/c1-12(2,3)19-11(18)15-13(4)5-7-16(8-6-13)10(17)9-14/h5-9H2,1-4H3,(H,15,18). The minimum Gasteiger partial charge on any atom is -0.444 e. The third kappa shape index (κ3) is 5.27. The summed E-state index contributed by atoms with van der Waals surface area (Å²) in [7, 11) is 0. The Morgan fingerprint density at radius 3 is 2.26 bits per heavy atom. The van der Waals surface area contributed by atoms with Gasteiger partial charge in [-0.05, 0) is 40.5 Å². The van der Waals surface area contributed by atoms with E-state index in [0.717, 1.165) is 0 Å². The number of carbonyl (C=O) groups is 2. The normalized spacial score (nSPS) is 18.9. The second-order valence-corrected chi connectivity index (χ2v) is 6.47. The largest absolute Gasteiger partial charge is 0.444 e. The minimum absolute atomic E-state index is 0.0101. The van der Waals surface area contributed by atoms with E-state index in [9.17, 15) is 9.59 Å². The summed E-state index contributed by atoms with van der Waals surface area (Å²) in [6, 6.07) is 0. The van der Waals surface area contributed by atoms with E-state index in [1.165, 1.54) is 0 Å². The van der Waals surface area contributed by atoms with Gasteiger partial charge in [-0.15, -0.1) is 11.6 Å². The molecular formula is C13H23ClN2O3. The van der Waals surface area contributed by atoms with Crippen molar-refractivity contribution in [1.29, 1.82) is 0 Å². The summed E-state index contributed by atoms with van der Waals surface area (Å²) >= 11 is 5.53. The smallest absolute Gasteiger partial charge is 0.408 e. The number of rotatable bonds is 2. The van der Waals surface area contributed by atoms with E-state index in [2.05, 4.69) is 5.32 Å². The second-order valence-electron chi connectivity index (χ2n) is 6.20. The average molecular weight is 291 g/mol. The molecule has 2 amide bonds. The Hall–Kier alpha value is -0.970. The zero-order valence-electron chi connectivity index (χ0n) is 12.1. The Morgan fingerprint density at radius 2 is 1.84 bits per heavy atom. The van der Waals surface area contributed by atoms with Gasteiger partial charge in [0.2, 0.25) is 5.91 Å². The molecule has 1 saturated heterocycles. The molecule has 0 aromatic carbocycles. The van der Waals surface area contributed by atoms with Gasteiger partial charge in [0, 0.05) is 18.6 Å². The summed E-state index contributed by atoms with van der Waals surface area (Å²) in [5.41, 5.74) is -0.832. The lowest BCUT2D eigenvalue weighted by molar-refractivity contribution is -0.130. The highest BCUT2D eigenvalue weighted by atomic mass is 35.5. The fourth-order valence-corrected chi connectivity index (χ4v) is 2.18. The van der Waals surface area contributed by atoms with Crippen LogP contribution >= 0.6 is 11.6 Å². The predicted molar refractivity (Wildman–Crippen MR) is 74.3 cm³/mol.